The van der Waals surface area contributed by atoms with E-state index in [0.29, 0.717) is 6.54 Å². The summed E-state index contributed by atoms with van der Waals surface area (Å²) in [5, 5.41) is 7.42. The van der Waals surface area contributed by atoms with E-state index >= 15 is 0 Å². The zero-order valence-electron chi connectivity index (χ0n) is 11.0. The highest BCUT2D eigenvalue weighted by Gasteiger charge is 2.16. The number of hydrogen-bond acceptors (Lipinski definition) is 4. The SMILES string of the molecule is CNc1cc(Cn2nc3n(c2=O)CCCC3)ccn1. The van der Waals surface area contributed by atoms with E-state index in [1.165, 1.54) is 0 Å². The summed E-state index contributed by atoms with van der Waals surface area (Å²) in [5.74, 6) is 1.72. The molecule has 1 N–H and O–H groups in total. The fourth-order valence-corrected chi connectivity index (χ4v) is 2.43. The van der Waals surface area contributed by atoms with Gasteiger partial charge in [0.25, 0.3) is 0 Å². The Bertz CT molecular complexity index is 643. The van der Waals surface area contributed by atoms with E-state index in [1.807, 2.05) is 19.2 Å². The summed E-state index contributed by atoms with van der Waals surface area (Å²) in [6, 6.07) is 3.84. The number of anilines is 1. The zero-order valence-corrected chi connectivity index (χ0v) is 11.0. The van der Waals surface area contributed by atoms with Crippen molar-refractivity contribution in [2.45, 2.75) is 32.4 Å². The van der Waals surface area contributed by atoms with Gasteiger partial charge in [-0.1, -0.05) is 0 Å². The Hall–Kier alpha value is -2.11. The van der Waals surface area contributed by atoms with Gasteiger partial charge in [-0.25, -0.2) is 14.5 Å². The van der Waals surface area contributed by atoms with Crippen LogP contribution in [0.1, 0.15) is 24.2 Å². The molecule has 1 aliphatic heterocycles. The number of pyridine rings is 1. The largest absolute Gasteiger partial charge is 0.373 e. The highest BCUT2D eigenvalue weighted by Crippen LogP contribution is 2.11. The topological polar surface area (TPSA) is 64.7 Å². The summed E-state index contributed by atoms with van der Waals surface area (Å²) in [6.07, 6.45) is 4.83. The highest BCUT2D eigenvalue weighted by atomic mass is 16.2. The van der Waals surface area contributed by atoms with Crippen LogP contribution >= 0.6 is 0 Å². The number of aromatic nitrogens is 4. The van der Waals surface area contributed by atoms with Gasteiger partial charge in [0.15, 0.2) is 0 Å². The van der Waals surface area contributed by atoms with E-state index in [0.717, 1.165) is 43.0 Å². The van der Waals surface area contributed by atoms with Crippen LogP contribution in [-0.2, 0) is 19.5 Å². The van der Waals surface area contributed by atoms with Crippen LogP contribution in [0.5, 0.6) is 0 Å². The fraction of sp³-hybridized carbons (Fsp3) is 0.462. The number of fused-ring (bicyclic) bond motifs is 1. The number of nitrogens with zero attached hydrogens (tertiary/aromatic N) is 4. The predicted octanol–water partition coefficient (Wildman–Crippen LogP) is 0.866. The molecule has 1 aliphatic rings. The van der Waals surface area contributed by atoms with E-state index in [4.69, 9.17) is 0 Å². The fourth-order valence-electron chi connectivity index (χ4n) is 2.43. The van der Waals surface area contributed by atoms with E-state index in [-0.39, 0.29) is 5.69 Å². The van der Waals surface area contributed by atoms with Crippen LogP contribution in [0, 0.1) is 0 Å². The molecule has 2 aromatic rings. The number of rotatable bonds is 3. The van der Waals surface area contributed by atoms with E-state index < -0.39 is 0 Å². The van der Waals surface area contributed by atoms with Gasteiger partial charge in [0.2, 0.25) is 0 Å². The third-order valence-corrected chi connectivity index (χ3v) is 3.44. The minimum atomic E-state index is -0.00230. The Morgan fingerprint density at radius 1 is 1.42 bits per heavy atom. The molecular weight excluding hydrogens is 242 g/mol. The first-order chi connectivity index (χ1) is 9.28. The molecule has 3 rings (SSSR count). The summed E-state index contributed by atoms with van der Waals surface area (Å²) in [7, 11) is 1.83. The molecule has 0 atom stereocenters. The molecule has 0 aliphatic carbocycles. The van der Waals surface area contributed by atoms with E-state index in [1.54, 1.807) is 15.4 Å². The van der Waals surface area contributed by atoms with Gasteiger partial charge in [-0.2, -0.15) is 5.10 Å². The van der Waals surface area contributed by atoms with Crippen molar-refractivity contribution in [3.05, 3.63) is 40.2 Å². The Kier molecular flexibility index (Phi) is 3.06. The van der Waals surface area contributed by atoms with Gasteiger partial charge in [0.05, 0.1) is 6.54 Å². The smallest absolute Gasteiger partial charge is 0.346 e. The molecule has 3 heterocycles. The Morgan fingerprint density at radius 2 is 2.32 bits per heavy atom. The second-order valence-corrected chi connectivity index (χ2v) is 4.76. The maximum atomic E-state index is 12.2. The van der Waals surface area contributed by atoms with Crippen LogP contribution in [0.4, 0.5) is 5.82 Å². The van der Waals surface area contributed by atoms with Crippen molar-refractivity contribution in [2.75, 3.05) is 12.4 Å². The molecule has 0 unspecified atom stereocenters. The molecule has 6 nitrogen and oxygen atoms in total. The molecule has 0 saturated carbocycles. The van der Waals surface area contributed by atoms with Gasteiger partial charge in [-0.3, -0.25) is 4.57 Å². The minimum Gasteiger partial charge on any atom is -0.373 e. The monoisotopic (exact) mass is 259 g/mol. The lowest BCUT2D eigenvalue weighted by Crippen LogP contribution is -2.27. The Balaban J connectivity index is 1.91. The van der Waals surface area contributed by atoms with Gasteiger partial charge < -0.3 is 5.32 Å². The van der Waals surface area contributed by atoms with Crippen molar-refractivity contribution >= 4 is 5.82 Å². The van der Waals surface area contributed by atoms with Gasteiger partial charge in [-0.05, 0) is 30.5 Å². The Morgan fingerprint density at radius 3 is 3.11 bits per heavy atom. The normalized spacial score (nSPS) is 14.2. The molecule has 0 radical (unpaired) electrons. The molecule has 0 saturated heterocycles. The van der Waals surface area contributed by atoms with Crippen LogP contribution in [0.2, 0.25) is 0 Å². The maximum Gasteiger partial charge on any atom is 0.346 e. The lowest BCUT2D eigenvalue weighted by atomic mass is 10.2. The van der Waals surface area contributed by atoms with Gasteiger partial charge in [0, 0.05) is 26.2 Å². The van der Waals surface area contributed by atoms with Crippen LogP contribution in [0.3, 0.4) is 0 Å². The lowest BCUT2D eigenvalue weighted by molar-refractivity contribution is 0.511. The van der Waals surface area contributed by atoms with Crippen LogP contribution in [0.15, 0.2) is 23.1 Å². The first kappa shape index (κ1) is 12.0. The first-order valence-corrected chi connectivity index (χ1v) is 6.57. The first-order valence-electron chi connectivity index (χ1n) is 6.57. The molecule has 0 aromatic carbocycles. The predicted molar refractivity (Wildman–Crippen MR) is 72.3 cm³/mol. The van der Waals surface area contributed by atoms with Gasteiger partial charge in [-0.15, -0.1) is 0 Å². The van der Waals surface area contributed by atoms with Crippen molar-refractivity contribution in [3.63, 3.8) is 0 Å². The molecule has 2 aromatic heterocycles. The Labute approximate surface area is 111 Å². The van der Waals surface area contributed by atoms with E-state index in [9.17, 15) is 4.79 Å². The summed E-state index contributed by atoms with van der Waals surface area (Å²) in [6.45, 7) is 1.29. The molecule has 0 spiro atoms. The van der Waals surface area contributed by atoms with Gasteiger partial charge >= 0.3 is 5.69 Å². The lowest BCUT2D eigenvalue weighted by Gasteiger charge is -2.09. The number of aryl methyl sites for hydroxylation is 1. The summed E-state index contributed by atoms with van der Waals surface area (Å²) in [4.78, 5) is 16.4. The summed E-state index contributed by atoms with van der Waals surface area (Å²) >= 11 is 0. The summed E-state index contributed by atoms with van der Waals surface area (Å²) < 4.78 is 3.35. The summed E-state index contributed by atoms with van der Waals surface area (Å²) in [5.41, 5.74) is 1.02. The third kappa shape index (κ3) is 2.25. The van der Waals surface area contributed by atoms with Crippen molar-refractivity contribution in [2.24, 2.45) is 0 Å². The average molecular weight is 259 g/mol. The maximum absolute atomic E-state index is 12.2. The van der Waals surface area contributed by atoms with Crippen LogP contribution in [0.25, 0.3) is 0 Å². The van der Waals surface area contributed by atoms with Crippen molar-refractivity contribution in [1.29, 1.82) is 0 Å². The second kappa shape index (κ2) is 4.87. The molecule has 100 valence electrons. The molecule has 19 heavy (non-hydrogen) atoms. The number of hydrogen-bond donors (Lipinski definition) is 1. The van der Waals surface area contributed by atoms with E-state index in [2.05, 4.69) is 15.4 Å². The van der Waals surface area contributed by atoms with Crippen molar-refractivity contribution < 1.29 is 0 Å². The van der Waals surface area contributed by atoms with Crippen molar-refractivity contribution in [3.8, 4) is 0 Å². The minimum absolute atomic E-state index is 0.00230. The molecular formula is C13H17N5O. The highest BCUT2D eigenvalue weighted by molar-refractivity contribution is 5.36. The van der Waals surface area contributed by atoms with Gasteiger partial charge in [0.1, 0.15) is 11.6 Å². The van der Waals surface area contributed by atoms with Crippen LogP contribution < -0.4 is 11.0 Å². The molecule has 0 amide bonds. The second-order valence-electron chi connectivity index (χ2n) is 4.76. The average Bonchev–Trinajstić information content (AvgIpc) is 2.76. The van der Waals surface area contributed by atoms with Crippen molar-refractivity contribution in [1.82, 2.24) is 19.3 Å². The molecule has 0 bridgehead atoms. The third-order valence-electron chi connectivity index (χ3n) is 3.44. The molecule has 0 fully saturated rings. The van der Waals surface area contributed by atoms with Crippen LogP contribution in [-0.4, -0.2) is 26.4 Å². The standard InChI is InChI=1S/C13H17N5O/c1-14-11-8-10(5-6-15-11)9-18-13(19)17-7-3-2-4-12(17)16-18/h5-6,8H,2-4,7,9H2,1H3,(H,14,15). The molecule has 6 heteroatoms. The quantitative estimate of drug-likeness (QED) is 0.888. The number of nitrogens with one attached hydrogen (secondary N) is 1. The zero-order chi connectivity index (χ0) is 13.2.